The summed E-state index contributed by atoms with van der Waals surface area (Å²) in [5, 5.41) is 3.19. The molecule has 0 saturated carbocycles. The van der Waals surface area contributed by atoms with Crippen LogP contribution < -0.4 is 5.32 Å². The van der Waals surface area contributed by atoms with Crippen molar-refractivity contribution in [3.05, 3.63) is 70.2 Å². The zero-order valence-corrected chi connectivity index (χ0v) is 17.3. The monoisotopic (exact) mass is 414 g/mol. The van der Waals surface area contributed by atoms with Crippen molar-refractivity contribution in [3.63, 3.8) is 0 Å². The second-order valence-electron chi connectivity index (χ2n) is 7.81. The zero-order chi connectivity index (χ0) is 21.2. The number of hydrogen-bond acceptors (Lipinski definition) is 4. The van der Waals surface area contributed by atoms with E-state index in [2.05, 4.69) is 5.32 Å². The molecule has 29 heavy (non-hydrogen) atoms. The Morgan fingerprint density at radius 2 is 1.69 bits per heavy atom. The van der Waals surface area contributed by atoms with E-state index in [-0.39, 0.29) is 18.4 Å². The molecule has 1 heterocycles. The van der Waals surface area contributed by atoms with Crippen molar-refractivity contribution in [2.75, 3.05) is 6.54 Å². The molecule has 1 aliphatic heterocycles. The summed E-state index contributed by atoms with van der Waals surface area (Å²) in [7, 11) is 0. The number of alkyl carbamates (subject to hydrolysis) is 1. The topological polar surface area (TPSA) is 75.7 Å². The summed E-state index contributed by atoms with van der Waals surface area (Å²) < 4.78 is 5.24. The smallest absolute Gasteiger partial charge is 0.407 e. The summed E-state index contributed by atoms with van der Waals surface area (Å²) in [4.78, 5) is 39.1. The number of rotatable bonds is 5. The first-order valence-electron chi connectivity index (χ1n) is 9.36. The number of carbonyl (C=O) groups is 3. The summed E-state index contributed by atoms with van der Waals surface area (Å²) in [5.74, 6) is -0.708. The molecule has 3 amide bonds. The molecule has 0 fully saturated rings. The van der Waals surface area contributed by atoms with Gasteiger partial charge in [0.25, 0.3) is 11.8 Å². The van der Waals surface area contributed by atoms with Crippen LogP contribution in [0.4, 0.5) is 4.79 Å². The summed E-state index contributed by atoms with van der Waals surface area (Å²) in [6.45, 7) is 5.56. The average molecular weight is 415 g/mol. The standard InChI is InChI=1S/C22H23ClN2O4/c1-22(2,3)29-21(28)24-12-11-18(14-7-6-8-15(23)13-14)25-19(26)16-9-4-5-10-17(16)20(25)27/h4-10,13,18H,11-12H2,1-3H3,(H,24,28)/t18-/m1/s1. The fraction of sp³-hybridized carbons (Fsp3) is 0.318. The normalized spacial score (nSPS) is 14.6. The first kappa shape index (κ1) is 20.9. The summed E-state index contributed by atoms with van der Waals surface area (Å²) in [6.07, 6.45) is -0.227. The van der Waals surface area contributed by atoms with Gasteiger partial charge in [-0.3, -0.25) is 14.5 Å². The molecule has 6 nitrogen and oxygen atoms in total. The van der Waals surface area contributed by atoms with Crippen molar-refractivity contribution in [1.82, 2.24) is 10.2 Å². The van der Waals surface area contributed by atoms with E-state index in [1.54, 1.807) is 63.2 Å². The number of nitrogens with zero attached hydrogens (tertiary/aromatic N) is 1. The van der Waals surface area contributed by atoms with Gasteiger partial charge in [0.05, 0.1) is 17.2 Å². The third-order valence-corrected chi connectivity index (χ3v) is 4.69. The lowest BCUT2D eigenvalue weighted by Crippen LogP contribution is -2.38. The molecule has 1 aliphatic rings. The van der Waals surface area contributed by atoms with E-state index >= 15 is 0 Å². The predicted molar refractivity (Wildman–Crippen MR) is 110 cm³/mol. The fourth-order valence-corrected chi connectivity index (χ4v) is 3.47. The minimum Gasteiger partial charge on any atom is -0.444 e. The predicted octanol–water partition coefficient (Wildman–Crippen LogP) is 4.59. The van der Waals surface area contributed by atoms with Crippen LogP contribution in [0.5, 0.6) is 0 Å². The average Bonchev–Trinajstić information content (AvgIpc) is 2.89. The van der Waals surface area contributed by atoms with Gasteiger partial charge in [-0.1, -0.05) is 35.9 Å². The number of fused-ring (bicyclic) bond motifs is 1. The molecule has 0 bridgehead atoms. The molecular formula is C22H23ClN2O4. The maximum Gasteiger partial charge on any atom is 0.407 e. The third kappa shape index (κ3) is 4.77. The number of imide groups is 1. The first-order chi connectivity index (χ1) is 13.7. The van der Waals surface area contributed by atoms with Crippen LogP contribution in [0.2, 0.25) is 5.02 Å². The van der Waals surface area contributed by atoms with Crippen LogP contribution in [0.25, 0.3) is 0 Å². The van der Waals surface area contributed by atoms with Crippen molar-refractivity contribution in [1.29, 1.82) is 0 Å². The molecule has 7 heteroatoms. The zero-order valence-electron chi connectivity index (χ0n) is 16.6. The quantitative estimate of drug-likeness (QED) is 0.726. The van der Waals surface area contributed by atoms with Crippen LogP contribution in [-0.4, -0.2) is 35.0 Å². The Morgan fingerprint density at radius 1 is 1.07 bits per heavy atom. The molecule has 152 valence electrons. The number of nitrogens with one attached hydrogen (secondary N) is 1. The highest BCUT2D eigenvalue weighted by Gasteiger charge is 2.40. The lowest BCUT2D eigenvalue weighted by molar-refractivity contribution is 0.0517. The van der Waals surface area contributed by atoms with Gasteiger partial charge in [0.15, 0.2) is 0 Å². The van der Waals surface area contributed by atoms with Gasteiger partial charge in [0.2, 0.25) is 0 Å². The summed E-state index contributed by atoms with van der Waals surface area (Å²) >= 11 is 6.14. The number of ether oxygens (including phenoxy) is 1. The molecule has 0 radical (unpaired) electrons. The number of hydrogen-bond donors (Lipinski definition) is 1. The van der Waals surface area contributed by atoms with E-state index in [0.717, 1.165) is 5.56 Å². The maximum atomic E-state index is 13.0. The van der Waals surface area contributed by atoms with E-state index in [1.165, 1.54) is 4.90 Å². The number of carbonyl (C=O) groups excluding carboxylic acids is 3. The lowest BCUT2D eigenvalue weighted by atomic mass is 10.0. The van der Waals surface area contributed by atoms with Gasteiger partial charge >= 0.3 is 6.09 Å². The molecule has 1 N–H and O–H groups in total. The van der Waals surface area contributed by atoms with Gasteiger partial charge in [-0.2, -0.15) is 0 Å². The summed E-state index contributed by atoms with van der Waals surface area (Å²) in [6, 6.07) is 13.2. The molecule has 0 unspecified atom stereocenters. The van der Waals surface area contributed by atoms with Gasteiger partial charge in [0.1, 0.15) is 5.60 Å². The molecule has 3 rings (SSSR count). The Morgan fingerprint density at radius 3 is 2.24 bits per heavy atom. The molecule has 2 aromatic carbocycles. The molecule has 2 aromatic rings. The number of benzene rings is 2. The van der Waals surface area contributed by atoms with Gasteiger partial charge in [0, 0.05) is 11.6 Å². The van der Waals surface area contributed by atoms with Gasteiger partial charge in [-0.25, -0.2) is 4.79 Å². The van der Waals surface area contributed by atoms with Crippen LogP contribution in [0.1, 0.15) is 59.5 Å². The van der Waals surface area contributed by atoms with Crippen molar-refractivity contribution >= 4 is 29.5 Å². The SMILES string of the molecule is CC(C)(C)OC(=O)NCC[C@H](c1cccc(Cl)c1)N1C(=O)c2ccccc2C1=O. The van der Waals surface area contributed by atoms with Crippen molar-refractivity contribution in [2.24, 2.45) is 0 Å². The Hall–Kier alpha value is -2.86. The second kappa shape index (κ2) is 8.25. The Balaban J connectivity index is 1.83. The van der Waals surface area contributed by atoms with Crippen LogP contribution in [-0.2, 0) is 4.74 Å². The maximum absolute atomic E-state index is 13.0. The van der Waals surface area contributed by atoms with Crippen LogP contribution in [0.15, 0.2) is 48.5 Å². The first-order valence-corrected chi connectivity index (χ1v) is 9.74. The second-order valence-corrected chi connectivity index (χ2v) is 8.25. The van der Waals surface area contributed by atoms with E-state index in [0.29, 0.717) is 22.6 Å². The Labute approximate surface area is 174 Å². The molecule has 0 spiro atoms. The van der Waals surface area contributed by atoms with Crippen molar-refractivity contribution in [2.45, 2.75) is 38.8 Å². The molecule has 1 atom stereocenters. The lowest BCUT2D eigenvalue weighted by Gasteiger charge is -2.27. The van der Waals surface area contributed by atoms with Gasteiger partial charge in [-0.05, 0) is 57.0 Å². The highest BCUT2D eigenvalue weighted by molar-refractivity contribution is 6.30. The van der Waals surface area contributed by atoms with Gasteiger partial charge < -0.3 is 10.1 Å². The molecule has 0 saturated heterocycles. The minimum atomic E-state index is -0.612. The van der Waals surface area contributed by atoms with E-state index in [9.17, 15) is 14.4 Å². The van der Waals surface area contributed by atoms with Gasteiger partial charge in [-0.15, -0.1) is 0 Å². The third-order valence-electron chi connectivity index (χ3n) is 4.46. The van der Waals surface area contributed by atoms with E-state index in [1.807, 2.05) is 6.07 Å². The van der Waals surface area contributed by atoms with Crippen LogP contribution >= 0.6 is 11.6 Å². The molecule has 0 aliphatic carbocycles. The fourth-order valence-electron chi connectivity index (χ4n) is 3.27. The summed E-state index contributed by atoms with van der Waals surface area (Å²) in [5.41, 5.74) is 0.867. The Bertz CT molecular complexity index is 917. The molecule has 0 aromatic heterocycles. The largest absolute Gasteiger partial charge is 0.444 e. The highest BCUT2D eigenvalue weighted by atomic mass is 35.5. The van der Waals surface area contributed by atoms with Crippen LogP contribution in [0, 0.1) is 0 Å². The van der Waals surface area contributed by atoms with Crippen molar-refractivity contribution < 1.29 is 19.1 Å². The van der Waals surface area contributed by atoms with Crippen molar-refractivity contribution in [3.8, 4) is 0 Å². The Kier molecular flexibility index (Phi) is 5.94. The molecular weight excluding hydrogens is 392 g/mol. The number of halogens is 1. The number of amides is 3. The highest BCUT2D eigenvalue weighted by Crippen LogP contribution is 2.34. The van der Waals surface area contributed by atoms with E-state index < -0.39 is 17.7 Å². The van der Waals surface area contributed by atoms with E-state index in [4.69, 9.17) is 16.3 Å². The van der Waals surface area contributed by atoms with Crippen LogP contribution in [0.3, 0.4) is 0 Å². The minimum absolute atomic E-state index is 0.222.